The molecule has 0 radical (unpaired) electrons. The van der Waals surface area contributed by atoms with Crippen molar-refractivity contribution >= 4 is 29.0 Å². The molecule has 0 aliphatic rings. The second kappa shape index (κ2) is 7.13. The van der Waals surface area contributed by atoms with E-state index in [1.807, 2.05) is 24.3 Å². The molecule has 3 N–H and O–H groups in total. The van der Waals surface area contributed by atoms with Crippen LogP contribution in [0.2, 0.25) is 0 Å². The molecule has 0 unspecified atom stereocenters. The van der Waals surface area contributed by atoms with E-state index < -0.39 is 0 Å². The number of nitrogens with one attached hydrogen (secondary N) is 1. The second-order valence-electron chi connectivity index (χ2n) is 4.57. The van der Waals surface area contributed by atoms with Crippen molar-refractivity contribution in [3.05, 3.63) is 53.8 Å². The highest BCUT2D eigenvalue weighted by Crippen LogP contribution is 2.25. The number of thioether (sulfide) groups is 1. The molecule has 21 heavy (non-hydrogen) atoms. The SMILES string of the molecule is CCc1cccc(NC(=O)CSc2cc(F)ccc2N)c1. The molecule has 0 aliphatic carbocycles. The summed E-state index contributed by atoms with van der Waals surface area (Å²) >= 11 is 1.22. The summed E-state index contributed by atoms with van der Waals surface area (Å²) in [5.74, 6) is -0.316. The van der Waals surface area contributed by atoms with Gasteiger partial charge in [-0.05, 0) is 42.3 Å². The molecule has 0 saturated heterocycles. The van der Waals surface area contributed by atoms with Crippen molar-refractivity contribution in [3.8, 4) is 0 Å². The van der Waals surface area contributed by atoms with Crippen molar-refractivity contribution in [1.82, 2.24) is 0 Å². The molecule has 2 aromatic rings. The average molecular weight is 304 g/mol. The second-order valence-corrected chi connectivity index (χ2v) is 5.59. The van der Waals surface area contributed by atoms with E-state index >= 15 is 0 Å². The van der Waals surface area contributed by atoms with Gasteiger partial charge in [-0.15, -0.1) is 11.8 Å². The topological polar surface area (TPSA) is 55.1 Å². The minimum atomic E-state index is -0.359. The number of halogens is 1. The van der Waals surface area contributed by atoms with Crippen LogP contribution in [0.4, 0.5) is 15.8 Å². The third-order valence-corrected chi connectivity index (χ3v) is 4.02. The van der Waals surface area contributed by atoms with Gasteiger partial charge in [0.25, 0.3) is 0 Å². The molecule has 0 aromatic heterocycles. The molecule has 0 atom stereocenters. The summed E-state index contributed by atoms with van der Waals surface area (Å²) in [5, 5.41) is 2.83. The molecule has 0 bridgehead atoms. The quantitative estimate of drug-likeness (QED) is 0.654. The fraction of sp³-hybridized carbons (Fsp3) is 0.188. The predicted molar refractivity (Wildman–Crippen MR) is 86.0 cm³/mol. The first-order valence-corrected chi connectivity index (χ1v) is 7.63. The first-order valence-electron chi connectivity index (χ1n) is 6.65. The third-order valence-electron chi connectivity index (χ3n) is 2.95. The summed E-state index contributed by atoms with van der Waals surface area (Å²) in [4.78, 5) is 12.5. The summed E-state index contributed by atoms with van der Waals surface area (Å²) in [6.45, 7) is 2.06. The molecular weight excluding hydrogens is 287 g/mol. The van der Waals surface area contributed by atoms with Crippen LogP contribution in [0, 0.1) is 5.82 Å². The maximum atomic E-state index is 13.1. The molecule has 0 heterocycles. The van der Waals surface area contributed by atoms with E-state index in [2.05, 4.69) is 12.2 Å². The van der Waals surface area contributed by atoms with Gasteiger partial charge in [-0.3, -0.25) is 4.79 Å². The van der Waals surface area contributed by atoms with Crippen LogP contribution in [-0.2, 0) is 11.2 Å². The minimum absolute atomic E-state index is 0.142. The number of benzene rings is 2. The molecule has 0 fully saturated rings. The van der Waals surface area contributed by atoms with Crippen LogP contribution in [-0.4, -0.2) is 11.7 Å². The van der Waals surface area contributed by atoms with Gasteiger partial charge in [0.2, 0.25) is 5.91 Å². The zero-order valence-corrected chi connectivity index (χ0v) is 12.5. The first-order chi connectivity index (χ1) is 10.1. The Morgan fingerprint density at radius 3 is 2.86 bits per heavy atom. The van der Waals surface area contributed by atoms with Crippen LogP contribution >= 0.6 is 11.8 Å². The molecule has 0 saturated carbocycles. The van der Waals surface area contributed by atoms with Crippen LogP contribution < -0.4 is 11.1 Å². The van der Waals surface area contributed by atoms with Gasteiger partial charge in [-0.1, -0.05) is 19.1 Å². The standard InChI is InChI=1S/C16H17FN2OS/c1-2-11-4-3-5-13(8-11)19-16(20)10-21-15-9-12(17)6-7-14(15)18/h3-9H,2,10,18H2,1H3,(H,19,20). The summed E-state index contributed by atoms with van der Waals surface area (Å²) in [6.07, 6.45) is 0.915. The van der Waals surface area contributed by atoms with E-state index in [1.54, 1.807) is 0 Å². The van der Waals surface area contributed by atoms with Crippen LogP contribution in [0.25, 0.3) is 0 Å². The number of aryl methyl sites for hydroxylation is 1. The van der Waals surface area contributed by atoms with E-state index in [4.69, 9.17) is 5.73 Å². The maximum absolute atomic E-state index is 13.1. The molecule has 5 heteroatoms. The fourth-order valence-electron chi connectivity index (χ4n) is 1.84. The number of amides is 1. The first kappa shape index (κ1) is 15.4. The lowest BCUT2D eigenvalue weighted by Crippen LogP contribution is -2.14. The van der Waals surface area contributed by atoms with E-state index in [0.29, 0.717) is 10.6 Å². The van der Waals surface area contributed by atoms with Gasteiger partial charge in [0, 0.05) is 16.3 Å². The average Bonchev–Trinajstić information content (AvgIpc) is 2.48. The molecule has 2 aromatic carbocycles. The van der Waals surface area contributed by atoms with Crippen LogP contribution in [0.15, 0.2) is 47.4 Å². The van der Waals surface area contributed by atoms with Gasteiger partial charge in [0.1, 0.15) is 5.82 Å². The Morgan fingerprint density at radius 1 is 1.29 bits per heavy atom. The van der Waals surface area contributed by atoms with Crippen LogP contribution in [0.3, 0.4) is 0 Å². The minimum Gasteiger partial charge on any atom is -0.398 e. The number of carbonyl (C=O) groups is 1. The molecular formula is C16H17FN2OS. The van der Waals surface area contributed by atoms with Crippen molar-refractivity contribution < 1.29 is 9.18 Å². The van der Waals surface area contributed by atoms with E-state index in [0.717, 1.165) is 17.7 Å². The fourth-order valence-corrected chi connectivity index (χ4v) is 2.63. The number of carbonyl (C=O) groups excluding carboxylic acids is 1. The number of nitrogens with two attached hydrogens (primary N) is 1. The Kier molecular flexibility index (Phi) is 5.22. The predicted octanol–water partition coefficient (Wildman–Crippen LogP) is 3.70. The smallest absolute Gasteiger partial charge is 0.234 e. The highest BCUT2D eigenvalue weighted by Gasteiger charge is 2.07. The third kappa shape index (κ3) is 4.49. The Hall–Kier alpha value is -2.01. The number of nitrogen functional groups attached to an aromatic ring is 1. The van der Waals surface area contributed by atoms with Crippen molar-refractivity contribution in [2.45, 2.75) is 18.2 Å². The van der Waals surface area contributed by atoms with E-state index in [9.17, 15) is 9.18 Å². The zero-order valence-electron chi connectivity index (χ0n) is 11.7. The normalized spacial score (nSPS) is 10.4. The lowest BCUT2D eigenvalue weighted by molar-refractivity contribution is -0.113. The van der Waals surface area contributed by atoms with Crippen LogP contribution in [0.1, 0.15) is 12.5 Å². The largest absolute Gasteiger partial charge is 0.398 e. The molecule has 0 spiro atoms. The highest BCUT2D eigenvalue weighted by atomic mass is 32.2. The van der Waals surface area contributed by atoms with E-state index in [-0.39, 0.29) is 17.5 Å². The van der Waals surface area contributed by atoms with E-state index in [1.165, 1.54) is 30.0 Å². The van der Waals surface area contributed by atoms with Gasteiger partial charge in [0.15, 0.2) is 0 Å². The molecule has 0 aliphatic heterocycles. The summed E-state index contributed by atoms with van der Waals surface area (Å²) in [6, 6.07) is 11.8. The Morgan fingerprint density at radius 2 is 2.10 bits per heavy atom. The summed E-state index contributed by atoms with van der Waals surface area (Å²) < 4.78 is 13.1. The Labute approximate surface area is 127 Å². The van der Waals surface area contributed by atoms with Gasteiger partial charge in [-0.2, -0.15) is 0 Å². The van der Waals surface area contributed by atoms with Crippen molar-refractivity contribution in [3.63, 3.8) is 0 Å². The lowest BCUT2D eigenvalue weighted by Gasteiger charge is -2.08. The Bertz CT molecular complexity index is 646. The molecule has 110 valence electrons. The Balaban J connectivity index is 1.94. The number of rotatable bonds is 5. The van der Waals surface area contributed by atoms with Crippen molar-refractivity contribution in [2.24, 2.45) is 0 Å². The van der Waals surface area contributed by atoms with Crippen molar-refractivity contribution in [2.75, 3.05) is 16.8 Å². The highest BCUT2D eigenvalue weighted by molar-refractivity contribution is 8.00. The monoisotopic (exact) mass is 304 g/mol. The van der Waals surface area contributed by atoms with Crippen molar-refractivity contribution in [1.29, 1.82) is 0 Å². The molecule has 1 amide bonds. The van der Waals surface area contributed by atoms with Crippen LogP contribution in [0.5, 0.6) is 0 Å². The number of hydrogen-bond donors (Lipinski definition) is 2. The molecule has 2 rings (SSSR count). The van der Waals surface area contributed by atoms with Gasteiger partial charge in [0.05, 0.1) is 5.75 Å². The zero-order chi connectivity index (χ0) is 15.2. The maximum Gasteiger partial charge on any atom is 0.234 e. The van der Waals surface area contributed by atoms with Gasteiger partial charge in [-0.25, -0.2) is 4.39 Å². The number of anilines is 2. The lowest BCUT2D eigenvalue weighted by atomic mass is 10.1. The summed E-state index contributed by atoms with van der Waals surface area (Å²) in [5.41, 5.74) is 8.15. The number of hydrogen-bond acceptors (Lipinski definition) is 3. The van der Waals surface area contributed by atoms with Gasteiger partial charge >= 0.3 is 0 Å². The summed E-state index contributed by atoms with van der Waals surface area (Å²) in [7, 11) is 0. The van der Waals surface area contributed by atoms with Gasteiger partial charge < -0.3 is 11.1 Å². The molecule has 3 nitrogen and oxygen atoms in total.